The van der Waals surface area contributed by atoms with Gasteiger partial charge in [-0.3, -0.25) is 0 Å². The number of nitrogens with zero attached hydrogens (tertiary/aromatic N) is 2. The molecule has 0 aliphatic heterocycles. The Balaban J connectivity index is 4.14. The van der Waals surface area contributed by atoms with Gasteiger partial charge in [0.1, 0.15) is 0 Å². The Morgan fingerprint density at radius 2 is 2.07 bits per heavy atom. The molecule has 0 atom stereocenters. The molecule has 14 heavy (non-hydrogen) atoms. The van der Waals surface area contributed by atoms with Gasteiger partial charge in [-0.25, -0.2) is 0 Å². The molecule has 0 saturated carbocycles. The fourth-order valence-electron chi connectivity index (χ4n) is 1.09. The van der Waals surface area contributed by atoms with Gasteiger partial charge in [0.15, 0.2) is 0 Å². The van der Waals surface area contributed by atoms with Crippen molar-refractivity contribution in [2.24, 2.45) is 4.90 Å². The van der Waals surface area contributed by atoms with E-state index in [0.717, 1.165) is 12.8 Å². The molecule has 0 fully saturated rings. The zero-order valence-electron chi connectivity index (χ0n) is 8.82. The van der Waals surface area contributed by atoms with Gasteiger partial charge in [-0.15, -0.1) is 0 Å². The summed E-state index contributed by atoms with van der Waals surface area (Å²) >= 11 is 0. The number of carbonyl (C=O) groups excluding carboxylic acids is 2. The zero-order valence-corrected chi connectivity index (χ0v) is 8.82. The quantitative estimate of drug-likeness (QED) is 0.557. The standard InChI is InChI=1S/C9H16BN2O2/c1-3-4-5-12(7-8(2)13)9(14)6-11-10/h3-7H2,1-2H3. The van der Waals surface area contributed by atoms with Crippen LogP contribution in [0.5, 0.6) is 0 Å². The van der Waals surface area contributed by atoms with E-state index in [4.69, 9.17) is 7.64 Å². The van der Waals surface area contributed by atoms with E-state index in [0.29, 0.717) is 6.54 Å². The Morgan fingerprint density at radius 1 is 1.43 bits per heavy atom. The van der Waals surface area contributed by atoms with Gasteiger partial charge >= 0.3 is 85.0 Å². The number of hydrogen-bond donors (Lipinski definition) is 0. The minimum atomic E-state index is -0.184. The van der Waals surface area contributed by atoms with E-state index in [-0.39, 0.29) is 24.8 Å². The van der Waals surface area contributed by atoms with Crippen LogP contribution in [0.1, 0.15) is 26.7 Å². The molecule has 1 amide bonds. The molecule has 0 aromatic heterocycles. The van der Waals surface area contributed by atoms with Crippen LogP contribution in [0.25, 0.3) is 0 Å². The third kappa shape index (κ3) is 5.62. The Morgan fingerprint density at radius 3 is 2.50 bits per heavy atom. The molecule has 1 radical (unpaired) electrons. The van der Waals surface area contributed by atoms with Crippen LogP contribution in [0.15, 0.2) is 4.90 Å². The summed E-state index contributed by atoms with van der Waals surface area (Å²) in [6, 6.07) is 0. The summed E-state index contributed by atoms with van der Waals surface area (Å²) in [4.78, 5) is 27.0. The van der Waals surface area contributed by atoms with Crippen molar-refractivity contribution in [3.8, 4) is 0 Å². The van der Waals surface area contributed by atoms with E-state index in [1.807, 2.05) is 6.92 Å². The molecular weight excluding hydrogens is 179 g/mol. The number of unbranched alkanes of at least 4 members (excludes halogenated alkanes) is 1. The summed E-state index contributed by atoms with van der Waals surface area (Å²) in [5.41, 5.74) is 0. The molecule has 0 saturated heterocycles. The first-order chi connectivity index (χ1) is 6.61. The van der Waals surface area contributed by atoms with Crippen molar-refractivity contribution < 1.29 is 9.59 Å². The van der Waals surface area contributed by atoms with E-state index >= 15 is 0 Å². The SMILES string of the molecule is [B]=NCC(=O)N(CCCC)CC(C)=O. The second-order valence-electron chi connectivity index (χ2n) is 3.21. The molecule has 77 valence electrons. The van der Waals surface area contributed by atoms with Gasteiger partial charge in [-0.2, -0.15) is 0 Å². The van der Waals surface area contributed by atoms with Gasteiger partial charge in [0, 0.05) is 0 Å². The third-order valence-corrected chi connectivity index (χ3v) is 1.77. The van der Waals surface area contributed by atoms with Crippen molar-refractivity contribution in [2.75, 3.05) is 19.6 Å². The molecule has 0 aliphatic carbocycles. The number of Topliss-reactive ketones (excluding diaryl/α,β-unsaturated/α-hetero) is 1. The first-order valence-corrected chi connectivity index (χ1v) is 4.75. The molecule has 0 rings (SSSR count). The molecule has 0 aromatic carbocycles. The topological polar surface area (TPSA) is 49.7 Å². The van der Waals surface area contributed by atoms with Crippen molar-refractivity contribution in [1.82, 2.24) is 4.90 Å². The summed E-state index contributed by atoms with van der Waals surface area (Å²) in [6.07, 6.45) is 1.88. The van der Waals surface area contributed by atoms with Crippen molar-refractivity contribution >= 4 is 19.3 Å². The van der Waals surface area contributed by atoms with Gasteiger partial charge < -0.3 is 0 Å². The molecule has 0 heterocycles. The minimum absolute atomic E-state index is 0.0218. The van der Waals surface area contributed by atoms with Crippen LogP contribution in [0.2, 0.25) is 0 Å². The summed E-state index contributed by atoms with van der Waals surface area (Å²) in [5, 5.41) is 0. The van der Waals surface area contributed by atoms with Gasteiger partial charge in [-0.1, -0.05) is 0 Å². The normalized spacial score (nSPS) is 9.50. The van der Waals surface area contributed by atoms with Crippen molar-refractivity contribution in [1.29, 1.82) is 0 Å². The van der Waals surface area contributed by atoms with Gasteiger partial charge in [0.25, 0.3) is 0 Å². The van der Waals surface area contributed by atoms with Crippen LogP contribution < -0.4 is 0 Å². The Bertz CT molecular complexity index is 219. The first-order valence-electron chi connectivity index (χ1n) is 4.75. The molecule has 0 aliphatic rings. The summed E-state index contributed by atoms with van der Waals surface area (Å²) in [7, 11) is 4.92. The number of ketones is 1. The van der Waals surface area contributed by atoms with Crippen molar-refractivity contribution in [3.05, 3.63) is 0 Å². The van der Waals surface area contributed by atoms with Crippen LogP contribution in [-0.4, -0.2) is 43.9 Å². The van der Waals surface area contributed by atoms with E-state index in [1.165, 1.54) is 11.8 Å². The maximum atomic E-state index is 11.4. The van der Waals surface area contributed by atoms with Gasteiger partial charge in [0.05, 0.1) is 0 Å². The second-order valence-corrected chi connectivity index (χ2v) is 3.21. The maximum absolute atomic E-state index is 11.4. The molecule has 0 spiro atoms. The average molecular weight is 195 g/mol. The molecule has 0 aromatic rings. The van der Waals surface area contributed by atoms with Crippen LogP contribution in [-0.2, 0) is 9.59 Å². The fourth-order valence-corrected chi connectivity index (χ4v) is 1.09. The monoisotopic (exact) mass is 195 g/mol. The van der Waals surface area contributed by atoms with Gasteiger partial charge in [-0.05, 0) is 0 Å². The second kappa shape index (κ2) is 7.41. The molecule has 4 nitrogen and oxygen atoms in total. The number of amides is 1. The Hall–Kier alpha value is -0.995. The van der Waals surface area contributed by atoms with Crippen LogP contribution in [0, 0.1) is 0 Å². The van der Waals surface area contributed by atoms with Crippen molar-refractivity contribution in [3.63, 3.8) is 0 Å². The first kappa shape index (κ1) is 13.0. The predicted octanol–water partition coefficient (Wildman–Crippen LogP) is 0.556. The number of rotatable bonds is 7. The van der Waals surface area contributed by atoms with Crippen LogP contribution >= 0.6 is 0 Å². The Kier molecular flexibility index (Phi) is 6.89. The molecule has 5 heteroatoms. The van der Waals surface area contributed by atoms with E-state index < -0.39 is 0 Å². The van der Waals surface area contributed by atoms with Crippen LogP contribution in [0.4, 0.5) is 0 Å². The van der Waals surface area contributed by atoms with E-state index in [2.05, 4.69) is 4.90 Å². The summed E-state index contributed by atoms with van der Waals surface area (Å²) in [5.74, 6) is -0.206. The fraction of sp³-hybridized carbons (Fsp3) is 0.778. The van der Waals surface area contributed by atoms with E-state index in [1.54, 1.807) is 0 Å². The molecule has 0 unspecified atom stereocenters. The Labute approximate surface area is 85.8 Å². The van der Waals surface area contributed by atoms with Crippen LogP contribution in [0.3, 0.4) is 0 Å². The van der Waals surface area contributed by atoms with E-state index in [9.17, 15) is 9.59 Å². The summed E-state index contributed by atoms with van der Waals surface area (Å²) < 4.78 is 0. The predicted molar refractivity (Wildman–Crippen MR) is 55.2 cm³/mol. The molecule has 0 bridgehead atoms. The zero-order chi connectivity index (χ0) is 11.0. The number of carbonyl (C=O) groups is 2. The van der Waals surface area contributed by atoms with Gasteiger partial charge in [0.2, 0.25) is 0 Å². The third-order valence-electron chi connectivity index (χ3n) is 1.77. The molecule has 0 N–H and O–H groups in total. The van der Waals surface area contributed by atoms with Crippen molar-refractivity contribution in [2.45, 2.75) is 26.7 Å². The average Bonchev–Trinajstić information content (AvgIpc) is 2.12. The number of hydrogen-bond acceptors (Lipinski definition) is 3. The molecular formula is C9H16BN2O2. The summed E-state index contributed by atoms with van der Waals surface area (Å²) in [6.45, 7) is 4.21.